The van der Waals surface area contributed by atoms with Crippen LogP contribution in [0, 0.1) is 0 Å². The van der Waals surface area contributed by atoms with E-state index in [1.54, 1.807) is 6.07 Å². The zero-order valence-corrected chi connectivity index (χ0v) is 12.4. The molecule has 1 N–H and O–H groups in total. The Bertz CT molecular complexity index is 434. The summed E-state index contributed by atoms with van der Waals surface area (Å²) in [5, 5.41) is 7.87. The summed E-state index contributed by atoms with van der Waals surface area (Å²) >= 11 is 11.7. The molecule has 2 atom stereocenters. The molecule has 96 valence electrons. The number of nitrogens with one attached hydrogen (secondary N) is 1. The largest absolute Gasteiger partial charge is 0.242 e. The smallest absolute Gasteiger partial charge is 0.156 e. The maximum Gasteiger partial charge on any atom is 0.156 e. The molecule has 17 heavy (non-hydrogen) atoms. The van der Waals surface area contributed by atoms with Gasteiger partial charge in [-0.1, -0.05) is 23.2 Å². The third-order valence-corrected chi connectivity index (χ3v) is 4.21. The molecule has 0 bridgehead atoms. The van der Waals surface area contributed by atoms with Gasteiger partial charge in [0, 0.05) is 11.6 Å². The van der Waals surface area contributed by atoms with Crippen LogP contribution in [0.25, 0.3) is 0 Å². The fourth-order valence-corrected chi connectivity index (χ4v) is 2.28. The highest BCUT2D eigenvalue weighted by Crippen LogP contribution is 2.23. The van der Waals surface area contributed by atoms with Gasteiger partial charge in [-0.05, 0) is 33.8 Å². The Hall–Kier alpha value is -0.230. The van der Waals surface area contributed by atoms with Crippen LogP contribution >= 0.6 is 23.2 Å². The summed E-state index contributed by atoms with van der Waals surface area (Å²) in [7, 11) is -1.18. The van der Waals surface area contributed by atoms with E-state index < -0.39 is 11.0 Å². The second-order valence-electron chi connectivity index (χ2n) is 4.63. The Balaban J connectivity index is 2.87. The summed E-state index contributed by atoms with van der Waals surface area (Å²) in [5.41, 5.74) is 0.685. The molecule has 1 aromatic rings. The van der Waals surface area contributed by atoms with Gasteiger partial charge in [0.2, 0.25) is 0 Å². The topological polar surface area (TPSA) is 54.9 Å². The van der Waals surface area contributed by atoms with Crippen molar-refractivity contribution in [2.45, 2.75) is 38.5 Å². The second kappa shape index (κ2) is 5.61. The van der Waals surface area contributed by atoms with Crippen molar-refractivity contribution < 1.29 is 4.21 Å². The summed E-state index contributed by atoms with van der Waals surface area (Å²) in [6.07, 6.45) is 0. The molecular weight excluding hydrogens is 281 g/mol. The fourth-order valence-electron chi connectivity index (χ4n) is 1.07. The Morgan fingerprint density at radius 3 is 2.47 bits per heavy atom. The molecule has 1 aromatic heterocycles. The van der Waals surface area contributed by atoms with E-state index in [-0.39, 0.29) is 21.1 Å². The summed E-state index contributed by atoms with van der Waals surface area (Å²) in [6, 6.07) is 1.41. The molecule has 0 radical (unpaired) electrons. The molecule has 0 aliphatic carbocycles. The van der Waals surface area contributed by atoms with E-state index in [2.05, 4.69) is 14.9 Å². The number of hydrogen-bond donors (Lipinski definition) is 1. The van der Waals surface area contributed by atoms with Gasteiger partial charge in [0.15, 0.2) is 10.3 Å². The predicted octanol–water partition coefficient (Wildman–Crippen LogP) is 2.90. The third-order valence-electron chi connectivity index (χ3n) is 2.05. The molecule has 1 unspecified atom stereocenters. The van der Waals surface area contributed by atoms with Crippen LogP contribution in [0.4, 0.5) is 0 Å². The average Bonchev–Trinajstić information content (AvgIpc) is 2.20. The average molecular weight is 296 g/mol. The molecule has 0 saturated carbocycles. The third kappa shape index (κ3) is 4.17. The number of hydrogen-bond acceptors (Lipinski definition) is 3. The van der Waals surface area contributed by atoms with Crippen molar-refractivity contribution in [2.24, 2.45) is 0 Å². The molecule has 0 fully saturated rings. The van der Waals surface area contributed by atoms with Gasteiger partial charge in [-0.3, -0.25) is 0 Å². The van der Waals surface area contributed by atoms with E-state index >= 15 is 0 Å². The molecule has 4 nitrogen and oxygen atoms in total. The summed E-state index contributed by atoms with van der Waals surface area (Å²) in [6.45, 7) is 7.52. The summed E-state index contributed by atoms with van der Waals surface area (Å²) in [4.78, 5) is 0. The van der Waals surface area contributed by atoms with Gasteiger partial charge < -0.3 is 0 Å². The van der Waals surface area contributed by atoms with E-state index in [0.29, 0.717) is 5.56 Å². The van der Waals surface area contributed by atoms with Gasteiger partial charge in [-0.25, -0.2) is 8.93 Å². The van der Waals surface area contributed by atoms with Gasteiger partial charge in [-0.2, -0.15) is 0 Å². The lowest BCUT2D eigenvalue weighted by atomic mass is 10.2. The van der Waals surface area contributed by atoms with Crippen LogP contribution < -0.4 is 4.72 Å². The van der Waals surface area contributed by atoms with E-state index in [0.717, 1.165) is 0 Å². The normalized spacial score (nSPS) is 15.6. The van der Waals surface area contributed by atoms with Crippen LogP contribution in [0.3, 0.4) is 0 Å². The second-order valence-corrected chi connectivity index (χ2v) is 7.38. The minimum absolute atomic E-state index is 0.212. The van der Waals surface area contributed by atoms with E-state index in [4.69, 9.17) is 23.2 Å². The summed E-state index contributed by atoms with van der Waals surface area (Å²) < 4.78 is 14.6. The van der Waals surface area contributed by atoms with Crippen molar-refractivity contribution >= 4 is 34.2 Å². The molecule has 0 saturated heterocycles. The first-order chi connectivity index (χ1) is 7.71. The number of aromatic nitrogens is 2. The Kier molecular flexibility index (Phi) is 4.89. The molecule has 0 aliphatic rings. The Labute approximate surface area is 114 Å². The van der Waals surface area contributed by atoms with E-state index in [9.17, 15) is 4.21 Å². The van der Waals surface area contributed by atoms with E-state index in [1.807, 2.05) is 27.7 Å². The van der Waals surface area contributed by atoms with Crippen molar-refractivity contribution in [3.63, 3.8) is 0 Å². The van der Waals surface area contributed by atoms with Crippen LogP contribution in [-0.4, -0.2) is 19.2 Å². The van der Waals surface area contributed by atoms with Crippen LogP contribution in [0.5, 0.6) is 0 Å². The lowest BCUT2D eigenvalue weighted by Gasteiger charge is -2.22. The van der Waals surface area contributed by atoms with Crippen LogP contribution in [0.2, 0.25) is 10.3 Å². The molecule has 1 rings (SSSR count). The minimum atomic E-state index is -1.18. The van der Waals surface area contributed by atoms with Gasteiger partial charge in [0.25, 0.3) is 0 Å². The standard InChI is InChI=1S/C10H15Cl2N3OS/c1-6(15-17(16)10(2,3)4)7-5-8(11)13-14-9(7)12/h5-6,15H,1-4H3/t6-,17?/m0/s1. The maximum absolute atomic E-state index is 11.9. The van der Waals surface area contributed by atoms with Gasteiger partial charge >= 0.3 is 0 Å². The lowest BCUT2D eigenvalue weighted by Crippen LogP contribution is -2.35. The highest BCUT2D eigenvalue weighted by Gasteiger charge is 2.23. The first kappa shape index (κ1) is 14.8. The number of rotatable bonds is 3. The lowest BCUT2D eigenvalue weighted by molar-refractivity contribution is 0.615. The molecule has 1 heterocycles. The van der Waals surface area contributed by atoms with Crippen molar-refractivity contribution in [2.75, 3.05) is 0 Å². The van der Waals surface area contributed by atoms with Crippen LogP contribution in [0.15, 0.2) is 6.07 Å². The van der Waals surface area contributed by atoms with Crippen molar-refractivity contribution in [1.29, 1.82) is 0 Å². The molecule has 0 spiro atoms. The Morgan fingerprint density at radius 2 is 1.94 bits per heavy atom. The zero-order chi connectivity index (χ0) is 13.2. The first-order valence-electron chi connectivity index (χ1n) is 5.08. The monoisotopic (exact) mass is 295 g/mol. The number of halogens is 2. The quantitative estimate of drug-likeness (QED) is 0.933. The number of nitrogens with zero attached hydrogens (tertiary/aromatic N) is 2. The van der Waals surface area contributed by atoms with Crippen LogP contribution in [-0.2, 0) is 11.0 Å². The van der Waals surface area contributed by atoms with Crippen LogP contribution in [0.1, 0.15) is 39.3 Å². The molecule has 0 aromatic carbocycles. The van der Waals surface area contributed by atoms with Gasteiger partial charge in [0.1, 0.15) is 0 Å². The van der Waals surface area contributed by atoms with E-state index in [1.165, 1.54) is 0 Å². The van der Waals surface area contributed by atoms with Crippen molar-refractivity contribution in [3.05, 3.63) is 21.9 Å². The zero-order valence-electron chi connectivity index (χ0n) is 10.1. The molecule has 0 aliphatic heterocycles. The molecule has 7 heteroatoms. The fraction of sp³-hybridized carbons (Fsp3) is 0.600. The van der Waals surface area contributed by atoms with Gasteiger partial charge in [0.05, 0.1) is 15.7 Å². The minimum Gasteiger partial charge on any atom is -0.242 e. The Morgan fingerprint density at radius 1 is 1.35 bits per heavy atom. The molecular formula is C10H15Cl2N3OS. The first-order valence-corrected chi connectivity index (χ1v) is 6.99. The predicted molar refractivity (Wildman–Crippen MR) is 71.5 cm³/mol. The molecule has 0 amide bonds. The highest BCUT2D eigenvalue weighted by atomic mass is 35.5. The SMILES string of the molecule is C[C@H](NS(=O)C(C)(C)C)c1cc(Cl)nnc1Cl. The summed E-state index contributed by atoms with van der Waals surface area (Å²) in [5.74, 6) is 0. The van der Waals surface area contributed by atoms with Gasteiger partial charge in [-0.15, -0.1) is 10.2 Å². The highest BCUT2D eigenvalue weighted by molar-refractivity contribution is 7.84. The van der Waals surface area contributed by atoms with Crippen molar-refractivity contribution in [3.8, 4) is 0 Å². The maximum atomic E-state index is 11.9. The van der Waals surface area contributed by atoms with Crippen molar-refractivity contribution in [1.82, 2.24) is 14.9 Å².